The third kappa shape index (κ3) is 2.58. The molecule has 2 rings (SSSR count). The molecule has 1 fully saturated rings. The first-order chi connectivity index (χ1) is 8.52. The Morgan fingerprint density at radius 2 is 2.06 bits per heavy atom. The summed E-state index contributed by atoms with van der Waals surface area (Å²) in [6.07, 6.45) is 5.09. The molecule has 0 bridgehead atoms. The molecule has 4 nitrogen and oxygen atoms in total. The number of rotatable bonds is 4. The zero-order valence-electron chi connectivity index (χ0n) is 10.8. The van der Waals surface area contributed by atoms with E-state index in [1.54, 1.807) is 12.1 Å². The second-order valence-electron chi connectivity index (χ2n) is 5.50. The highest BCUT2D eigenvalue weighted by molar-refractivity contribution is 6.00. The van der Waals surface area contributed by atoms with E-state index in [0.29, 0.717) is 16.7 Å². The normalized spacial score (nSPS) is 17.6. The van der Waals surface area contributed by atoms with Gasteiger partial charge in [0.25, 0.3) is 5.91 Å². The second kappa shape index (κ2) is 4.88. The van der Waals surface area contributed by atoms with E-state index in [2.05, 4.69) is 12.2 Å². The van der Waals surface area contributed by atoms with Crippen LogP contribution in [0.2, 0.25) is 0 Å². The van der Waals surface area contributed by atoms with Gasteiger partial charge < -0.3 is 16.8 Å². The topological polar surface area (TPSA) is 81.1 Å². The molecule has 1 saturated carbocycles. The van der Waals surface area contributed by atoms with Crippen molar-refractivity contribution in [2.45, 2.75) is 32.6 Å². The van der Waals surface area contributed by atoms with E-state index in [9.17, 15) is 4.79 Å². The van der Waals surface area contributed by atoms with Gasteiger partial charge in [0.2, 0.25) is 0 Å². The van der Waals surface area contributed by atoms with Gasteiger partial charge in [0, 0.05) is 6.54 Å². The summed E-state index contributed by atoms with van der Waals surface area (Å²) in [5, 5.41) is 3.36. The zero-order valence-corrected chi connectivity index (χ0v) is 10.8. The summed E-state index contributed by atoms with van der Waals surface area (Å²) >= 11 is 0. The quantitative estimate of drug-likeness (QED) is 0.714. The van der Waals surface area contributed by atoms with E-state index in [4.69, 9.17) is 11.5 Å². The Morgan fingerprint density at radius 1 is 1.39 bits per heavy atom. The van der Waals surface area contributed by atoms with Gasteiger partial charge in [0.1, 0.15) is 0 Å². The monoisotopic (exact) mass is 247 g/mol. The van der Waals surface area contributed by atoms with Crippen molar-refractivity contribution in [2.75, 3.05) is 17.6 Å². The average Bonchev–Trinajstić information content (AvgIpc) is 2.75. The largest absolute Gasteiger partial charge is 0.396 e. The van der Waals surface area contributed by atoms with Crippen molar-refractivity contribution < 1.29 is 4.79 Å². The molecule has 4 heteroatoms. The minimum Gasteiger partial charge on any atom is -0.396 e. The van der Waals surface area contributed by atoms with Gasteiger partial charge in [-0.2, -0.15) is 0 Å². The predicted molar refractivity (Wildman–Crippen MR) is 74.4 cm³/mol. The molecule has 0 aliphatic heterocycles. The van der Waals surface area contributed by atoms with Crippen LogP contribution in [-0.4, -0.2) is 12.5 Å². The Balaban J connectivity index is 2.10. The molecule has 18 heavy (non-hydrogen) atoms. The Morgan fingerprint density at radius 3 is 2.67 bits per heavy atom. The maximum atomic E-state index is 11.2. The molecule has 1 aliphatic carbocycles. The fourth-order valence-electron chi connectivity index (χ4n) is 2.65. The van der Waals surface area contributed by atoms with Crippen LogP contribution in [0.15, 0.2) is 18.2 Å². The van der Waals surface area contributed by atoms with Crippen molar-refractivity contribution in [1.29, 1.82) is 0 Å². The second-order valence-corrected chi connectivity index (χ2v) is 5.50. The summed E-state index contributed by atoms with van der Waals surface area (Å²) < 4.78 is 0. The number of hydrogen-bond acceptors (Lipinski definition) is 3. The lowest BCUT2D eigenvalue weighted by Gasteiger charge is -2.25. The first kappa shape index (κ1) is 12.7. The molecular weight excluding hydrogens is 226 g/mol. The summed E-state index contributed by atoms with van der Waals surface area (Å²) in [4.78, 5) is 11.2. The zero-order chi connectivity index (χ0) is 13.2. The Labute approximate surface area is 108 Å². The van der Waals surface area contributed by atoms with Crippen LogP contribution in [0.4, 0.5) is 11.4 Å². The molecule has 0 saturated heterocycles. The van der Waals surface area contributed by atoms with Crippen molar-refractivity contribution in [3.05, 3.63) is 23.8 Å². The van der Waals surface area contributed by atoms with Gasteiger partial charge in [-0.25, -0.2) is 0 Å². The first-order valence-electron chi connectivity index (χ1n) is 6.44. The van der Waals surface area contributed by atoms with Crippen molar-refractivity contribution in [3.8, 4) is 0 Å². The smallest absolute Gasteiger partial charge is 0.250 e. The summed E-state index contributed by atoms with van der Waals surface area (Å²) in [5.41, 5.74) is 13.2. The number of para-hydroxylation sites is 1. The predicted octanol–water partition coefficient (Wildman–Crippen LogP) is 2.36. The van der Waals surface area contributed by atoms with Gasteiger partial charge in [-0.05, 0) is 30.4 Å². The van der Waals surface area contributed by atoms with Crippen LogP contribution in [0.1, 0.15) is 43.0 Å². The van der Waals surface area contributed by atoms with Gasteiger partial charge in [-0.1, -0.05) is 25.8 Å². The maximum absolute atomic E-state index is 11.2. The first-order valence-corrected chi connectivity index (χ1v) is 6.44. The Kier molecular flexibility index (Phi) is 3.45. The van der Waals surface area contributed by atoms with E-state index in [1.165, 1.54) is 25.7 Å². The molecule has 0 spiro atoms. The highest BCUT2D eigenvalue weighted by Crippen LogP contribution is 2.38. The van der Waals surface area contributed by atoms with E-state index in [0.717, 1.165) is 12.2 Å². The molecule has 1 aromatic rings. The lowest BCUT2D eigenvalue weighted by Crippen LogP contribution is -2.24. The number of nitrogens with two attached hydrogens (primary N) is 2. The van der Waals surface area contributed by atoms with Crippen molar-refractivity contribution in [2.24, 2.45) is 11.1 Å². The molecule has 1 aromatic carbocycles. The third-order valence-corrected chi connectivity index (χ3v) is 3.89. The van der Waals surface area contributed by atoms with Crippen LogP contribution in [0.5, 0.6) is 0 Å². The summed E-state index contributed by atoms with van der Waals surface area (Å²) in [6, 6.07) is 5.34. The van der Waals surface area contributed by atoms with Gasteiger partial charge in [0.05, 0.1) is 16.9 Å². The summed E-state index contributed by atoms with van der Waals surface area (Å²) in [6.45, 7) is 3.18. The fraction of sp³-hybridized carbons (Fsp3) is 0.500. The SMILES string of the molecule is CC1(CNc2cccc(C(N)=O)c2N)CCCC1. The maximum Gasteiger partial charge on any atom is 0.250 e. The highest BCUT2D eigenvalue weighted by atomic mass is 16.1. The molecule has 5 N–H and O–H groups in total. The van der Waals surface area contributed by atoms with Crippen molar-refractivity contribution in [1.82, 2.24) is 0 Å². The van der Waals surface area contributed by atoms with Gasteiger partial charge >= 0.3 is 0 Å². The molecule has 0 aromatic heterocycles. The van der Waals surface area contributed by atoms with E-state index in [-0.39, 0.29) is 0 Å². The van der Waals surface area contributed by atoms with Gasteiger partial charge in [0.15, 0.2) is 0 Å². The summed E-state index contributed by atoms with van der Waals surface area (Å²) in [5.74, 6) is -0.483. The average molecular weight is 247 g/mol. The number of carbonyl (C=O) groups is 1. The molecule has 0 unspecified atom stereocenters. The minimum atomic E-state index is -0.483. The number of anilines is 2. The van der Waals surface area contributed by atoms with Crippen LogP contribution in [-0.2, 0) is 0 Å². The fourth-order valence-corrected chi connectivity index (χ4v) is 2.65. The van der Waals surface area contributed by atoms with Crippen LogP contribution in [0, 0.1) is 5.41 Å². The van der Waals surface area contributed by atoms with Crippen LogP contribution >= 0.6 is 0 Å². The molecule has 0 heterocycles. The Bertz CT molecular complexity index is 450. The number of nitrogens with one attached hydrogen (secondary N) is 1. The molecular formula is C14H21N3O. The van der Waals surface area contributed by atoms with E-state index in [1.807, 2.05) is 6.07 Å². The standard InChI is InChI=1S/C14H21N3O/c1-14(7-2-3-8-14)9-17-11-6-4-5-10(12(11)15)13(16)18/h4-6,17H,2-3,7-9,15H2,1H3,(H2,16,18). The lowest BCUT2D eigenvalue weighted by atomic mass is 9.89. The van der Waals surface area contributed by atoms with E-state index < -0.39 is 5.91 Å². The molecule has 1 amide bonds. The Hall–Kier alpha value is -1.71. The van der Waals surface area contributed by atoms with E-state index >= 15 is 0 Å². The lowest BCUT2D eigenvalue weighted by molar-refractivity contribution is 0.100. The number of carbonyl (C=O) groups excluding carboxylic acids is 1. The van der Waals surface area contributed by atoms with Gasteiger partial charge in [-0.15, -0.1) is 0 Å². The number of nitrogen functional groups attached to an aromatic ring is 1. The molecule has 0 atom stereocenters. The van der Waals surface area contributed by atoms with Crippen LogP contribution in [0.25, 0.3) is 0 Å². The molecule has 98 valence electrons. The number of benzene rings is 1. The number of hydrogen-bond donors (Lipinski definition) is 3. The number of primary amides is 1. The summed E-state index contributed by atoms with van der Waals surface area (Å²) in [7, 11) is 0. The van der Waals surface area contributed by atoms with Crippen LogP contribution < -0.4 is 16.8 Å². The number of amides is 1. The molecule has 0 radical (unpaired) electrons. The minimum absolute atomic E-state index is 0.342. The van der Waals surface area contributed by atoms with Crippen molar-refractivity contribution >= 4 is 17.3 Å². The van der Waals surface area contributed by atoms with Crippen LogP contribution in [0.3, 0.4) is 0 Å². The van der Waals surface area contributed by atoms with Gasteiger partial charge in [-0.3, -0.25) is 4.79 Å². The molecule has 1 aliphatic rings. The highest BCUT2D eigenvalue weighted by Gasteiger charge is 2.28. The van der Waals surface area contributed by atoms with Crippen molar-refractivity contribution in [3.63, 3.8) is 0 Å². The third-order valence-electron chi connectivity index (χ3n) is 3.89.